The van der Waals surface area contributed by atoms with Gasteiger partial charge in [-0.05, 0) is 85.3 Å². The third-order valence-corrected chi connectivity index (χ3v) is 11.5. The molecule has 2 heterocycles. The maximum absolute atomic E-state index is 13.0. The van der Waals surface area contributed by atoms with Crippen LogP contribution in [-0.2, 0) is 16.1 Å². The third kappa shape index (κ3) is 4.98. The topological polar surface area (TPSA) is 78.5 Å². The van der Waals surface area contributed by atoms with Crippen LogP contribution in [0.15, 0.2) is 23.1 Å². The fourth-order valence-corrected chi connectivity index (χ4v) is 8.51. The lowest BCUT2D eigenvalue weighted by atomic mass is 9.69. The number of imide groups is 1. The number of carbonyl (C=O) groups is 3. The first-order chi connectivity index (χ1) is 17.7. The molecule has 2 N–H and O–H groups in total. The molecular formula is C30H43N3O3S. The number of hydrogen-bond acceptors (Lipinski definition) is 5. The van der Waals surface area contributed by atoms with Gasteiger partial charge in [0, 0.05) is 29.5 Å². The molecule has 1 aromatic rings. The first-order valence-corrected chi connectivity index (χ1v) is 15.3. The second kappa shape index (κ2) is 10.7. The molecule has 1 unspecified atom stereocenters. The van der Waals surface area contributed by atoms with E-state index in [1.807, 2.05) is 23.9 Å². The molecule has 2 bridgehead atoms. The summed E-state index contributed by atoms with van der Waals surface area (Å²) in [7, 11) is 0. The van der Waals surface area contributed by atoms with Gasteiger partial charge in [0.25, 0.3) is 5.91 Å². The molecule has 2 aliphatic carbocycles. The number of unbranched alkanes of at least 4 members (excludes halogenated alkanes) is 4. The van der Waals surface area contributed by atoms with Crippen molar-refractivity contribution >= 4 is 29.5 Å². The van der Waals surface area contributed by atoms with Crippen LogP contribution in [0.4, 0.5) is 0 Å². The number of amides is 3. The first-order valence-electron chi connectivity index (χ1n) is 14.3. The molecule has 0 spiro atoms. The van der Waals surface area contributed by atoms with E-state index in [1.54, 1.807) is 4.90 Å². The van der Waals surface area contributed by atoms with Crippen molar-refractivity contribution < 1.29 is 14.4 Å². The van der Waals surface area contributed by atoms with Crippen LogP contribution in [0.2, 0.25) is 0 Å². The highest BCUT2D eigenvalue weighted by Gasteiger charge is 2.60. The molecule has 0 radical (unpaired) electrons. The first kappa shape index (κ1) is 26.7. The minimum absolute atomic E-state index is 0.0939. The fourth-order valence-electron chi connectivity index (χ4n) is 7.42. The quantitative estimate of drug-likeness (QED) is 0.233. The van der Waals surface area contributed by atoms with Crippen LogP contribution in [0.5, 0.6) is 0 Å². The van der Waals surface area contributed by atoms with Crippen molar-refractivity contribution in [2.75, 3.05) is 12.3 Å². The summed E-state index contributed by atoms with van der Waals surface area (Å²) < 4.78 is 0. The van der Waals surface area contributed by atoms with Crippen molar-refractivity contribution in [1.82, 2.24) is 15.5 Å². The van der Waals surface area contributed by atoms with Gasteiger partial charge in [-0.2, -0.15) is 0 Å². The molecule has 7 heteroatoms. The van der Waals surface area contributed by atoms with E-state index in [1.165, 1.54) is 51.4 Å². The van der Waals surface area contributed by atoms with Gasteiger partial charge < -0.3 is 10.2 Å². The summed E-state index contributed by atoms with van der Waals surface area (Å²) in [6.45, 7) is 9.08. The van der Waals surface area contributed by atoms with Gasteiger partial charge >= 0.3 is 0 Å². The Morgan fingerprint density at radius 3 is 2.57 bits per heavy atom. The largest absolute Gasteiger partial charge is 0.322 e. The summed E-state index contributed by atoms with van der Waals surface area (Å²) in [6, 6.07) is 6.04. The van der Waals surface area contributed by atoms with Crippen molar-refractivity contribution in [2.24, 2.45) is 16.7 Å². The number of rotatable bonds is 11. The van der Waals surface area contributed by atoms with E-state index in [4.69, 9.17) is 0 Å². The van der Waals surface area contributed by atoms with Crippen LogP contribution in [0, 0.1) is 16.7 Å². The summed E-state index contributed by atoms with van der Waals surface area (Å²) in [5, 5.41) is 6.29. The Balaban J connectivity index is 0.999. The average molecular weight is 526 g/mol. The normalized spacial score (nSPS) is 30.2. The molecule has 6 nitrogen and oxygen atoms in total. The molecule has 4 aliphatic rings. The SMILES string of the molecule is CC1(C)[C@@H]2CC[C@@]1(C)[C@@H](NCCCCCCCSc1cccc3c1CN(C1CCC(=O)NC1=O)C3=O)C2. The minimum Gasteiger partial charge on any atom is -0.322 e. The van der Waals surface area contributed by atoms with Crippen molar-refractivity contribution in [3.63, 3.8) is 0 Å². The number of nitrogens with zero attached hydrogens (tertiary/aromatic N) is 1. The molecule has 5 rings (SSSR count). The van der Waals surface area contributed by atoms with Crippen LogP contribution in [0.25, 0.3) is 0 Å². The molecule has 0 aromatic heterocycles. The van der Waals surface area contributed by atoms with Crippen LogP contribution < -0.4 is 10.6 Å². The van der Waals surface area contributed by atoms with Crippen LogP contribution in [-0.4, -0.2) is 47.0 Å². The molecule has 3 fully saturated rings. The van der Waals surface area contributed by atoms with Crippen LogP contribution >= 0.6 is 11.8 Å². The maximum Gasteiger partial charge on any atom is 0.255 e. The lowest BCUT2D eigenvalue weighted by molar-refractivity contribution is -0.136. The zero-order valence-corrected chi connectivity index (χ0v) is 23.6. The molecule has 37 heavy (non-hydrogen) atoms. The Morgan fingerprint density at radius 1 is 1.05 bits per heavy atom. The highest BCUT2D eigenvalue weighted by Crippen LogP contribution is 2.65. The molecule has 2 saturated carbocycles. The molecule has 1 saturated heterocycles. The van der Waals surface area contributed by atoms with E-state index in [2.05, 4.69) is 37.5 Å². The van der Waals surface area contributed by atoms with E-state index < -0.39 is 6.04 Å². The van der Waals surface area contributed by atoms with E-state index in [9.17, 15) is 14.4 Å². The number of fused-ring (bicyclic) bond motifs is 3. The number of hydrogen-bond donors (Lipinski definition) is 2. The number of carbonyl (C=O) groups excluding carboxylic acids is 3. The van der Waals surface area contributed by atoms with Crippen LogP contribution in [0.3, 0.4) is 0 Å². The van der Waals surface area contributed by atoms with E-state index >= 15 is 0 Å². The van der Waals surface area contributed by atoms with Gasteiger partial charge in [-0.3, -0.25) is 19.7 Å². The zero-order chi connectivity index (χ0) is 26.2. The Kier molecular flexibility index (Phi) is 7.75. The summed E-state index contributed by atoms with van der Waals surface area (Å²) in [4.78, 5) is 39.6. The third-order valence-electron chi connectivity index (χ3n) is 10.3. The van der Waals surface area contributed by atoms with Crippen molar-refractivity contribution in [3.05, 3.63) is 29.3 Å². The summed E-state index contributed by atoms with van der Waals surface area (Å²) in [5.74, 6) is 1.24. The van der Waals surface area contributed by atoms with Crippen LogP contribution in [0.1, 0.15) is 101 Å². The standard InChI is InChI=1S/C30H43N3O3S/c1-29(2)20-14-15-30(29,3)25(18-20)31-16-7-5-4-6-8-17-37-24-11-9-10-21-22(24)19-33(28(21)36)23-12-13-26(34)32-27(23)35/h9-11,20,23,25,31H,4-8,12-19H2,1-3H3,(H,32,34,35)/t20-,23?,25+,30+/m1/s1. The second-order valence-corrected chi connectivity index (χ2v) is 13.6. The lowest BCUT2D eigenvalue weighted by Crippen LogP contribution is -2.52. The van der Waals surface area contributed by atoms with Crippen molar-refractivity contribution in [2.45, 2.75) is 109 Å². The average Bonchev–Trinajstić information content (AvgIpc) is 3.38. The van der Waals surface area contributed by atoms with E-state index in [0.717, 1.165) is 28.7 Å². The Hall–Kier alpha value is -1.86. The molecule has 3 amide bonds. The lowest BCUT2D eigenvalue weighted by Gasteiger charge is -2.39. The monoisotopic (exact) mass is 525 g/mol. The predicted molar refractivity (Wildman–Crippen MR) is 147 cm³/mol. The number of piperidine rings is 1. The van der Waals surface area contributed by atoms with Gasteiger partial charge in [0.2, 0.25) is 11.8 Å². The number of nitrogens with one attached hydrogen (secondary N) is 2. The number of thioether (sulfide) groups is 1. The zero-order valence-electron chi connectivity index (χ0n) is 22.7. The van der Waals surface area contributed by atoms with Crippen molar-refractivity contribution in [1.29, 1.82) is 0 Å². The molecule has 202 valence electrons. The molecule has 2 aliphatic heterocycles. The minimum atomic E-state index is -0.553. The predicted octanol–water partition coefficient (Wildman–Crippen LogP) is 5.29. The van der Waals surface area contributed by atoms with Gasteiger partial charge in [0.1, 0.15) is 6.04 Å². The summed E-state index contributed by atoms with van der Waals surface area (Å²) in [6.07, 6.45) is 11.1. The summed E-state index contributed by atoms with van der Waals surface area (Å²) >= 11 is 1.82. The van der Waals surface area contributed by atoms with Gasteiger partial charge in [-0.1, -0.05) is 46.1 Å². The summed E-state index contributed by atoms with van der Waals surface area (Å²) in [5.41, 5.74) is 2.69. The Labute approximate surface area is 226 Å². The van der Waals surface area contributed by atoms with E-state index in [0.29, 0.717) is 35.4 Å². The number of benzene rings is 1. The maximum atomic E-state index is 13.0. The molecular weight excluding hydrogens is 482 g/mol. The Morgan fingerprint density at radius 2 is 1.84 bits per heavy atom. The fraction of sp³-hybridized carbons (Fsp3) is 0.700. The second-order valence-electron chi connectivity index (χ2n) is 12.4. The molecule has 1 aromatic carbocycles. The van der Waals surface area contributed by atoms with Gasteiger partial charge in [-0.15, -0.1) is 11.8 Å². The Bertz CT molecular complexity index is 1060. The van der Waals surface area contributed by atoms with Gasteiger partial charge in [0.05, 0.1) is 0 Å². The molecule has 4 atom stereocenters. The highest BCUT2D eigenvalue weighted by molar-refractivity contribution is 7.99. The van der Waals surface area contributed by atoms with E-state index in [-0.39, 0.29) is 24.1 Å². The van der Waals surface area contributed by atoms with Gasteiger partial charge in [0.15, 0.2) is 0 Å². The van der Waals surface area contributed by atoms with Crippen molar-refractivity contribution in [3.8, 4) is 0 Å². The van der Waals surface area contributed by atoms with Gasteiger partial charge in [-0.25, -0.2) is 0 Å². The smallest absolute Gasteiger partial charge is 0.255 e. The highest BCUT2D eigenvalue weighted by atomic mass is 32.2.